The van der Waals surface area contributed by atoms with Gasteiger partial charge in [0, 0.05) is 18.0 Å². The summed E-state index contributed by atoms with van der Waals surface area (Å²) in [7, 11) is 1.69. The van der Waals surface area contributed by atoms with Crippen molar-refractivity contribution in [1.82, 2.24) is 4.90 Å². The minimum Gasteiger partial charge on any atom is -0.496 e. The molecule has 1 N–H and O–H groups in total. The number of aliphatic hydroxyl groups is 1. The number of ether oxygens (including phenoxy) is 1. The van der Waals surface area contributed by atoms with Crippen LogP contribution in [0.3, 0.4) is 0 Å². The third-order valence-corrected chi connectivity index (χ3v) is 3.48. The van der Waals surface area contributed by atoms with E-state index in [0.717, 1.165) is 30.3 Å². The van der Waals surface area contributed by atoms with Gasteiger partial charge in [0.15, 0.2) is 0 Å². The molecule has 0 saturated carbocycles. The SMILES string of the molecule is CCN(CCO)Cc1ccc(OC)c(SC)c1. The molecule has 0 aliphatic heterocycles. The van der Waals surface area contributed by atoms with Crippen LogP contribution in [0.4, 0.5) is 0 Å². The molecule has 4 heteroatoms. The smallest absolute Gasteiger partial charge is 0.132 e. The fourth-order valence-corrected chi connectivity index (χ4v) is 2.35. The molecule has 0 amide bonds. The Kier molecular flexibility index (Phi) is 6.40. The zero-order chi connectivity index (χ0) is 12.7. The number of aliphatic hydroxyl groups excluding tert-OH is 1. The van der Waals surface area contributed by atoms with E-state index in [0.29, 0.717) is 0 Å². The number of likely N-dealkylation sites (N-methyl/N-ethyl adjacent to an activating group) is 1. The second kappa shape index (κ2) is 7.58. The van der Waals surface area contributed by atoms with Gasteiger partial charge in [0.2, 0.25) is 0 Å². The monoisotopic (exact) mass is 255 g/mol. The Morgan fingerprint density at radius 1 is 1.41 bits per heavy atom. The fraction of sp³-hybridized carbons (Fsp3) is 0.538. The topological polar surface area (TPSA) is 32.7 Å². The van der Waals surface area contributed by atoms with Crippen LogP contribution in [-0.4, -0.2) is 43.1 Å². The summed E-state index contributed by atoms with van der Waals surface area (Å²) in [5.74, 6) is 0.923. The zero-order valence-electron chi connectivity index (χ0n) is 10.8. The summed E-state index contributed by atoms with van der Waals surface area (Å²) in [4.78, 5) is 3.37. The molecular weight excluding hydrogens is 234 g/mol. The highest BCUT2D eigenvalue weighted by atomic mass is 32.2. The molecule has 1 aromatic rings. The Labute approximate surface area is 108 Å². The van der Waals surface area contributed by atoms with E-state index in [-0.39, 0.29) is 6.61 Å². The fourth-order valence-electron chi connectivity index (χ4n) is 1.73. The number of thioether (sulfide) groups is 1. The molecule has 0 aliphatic rings. The number of methoxy groups -OCH3 is 1. The van der Waals surface area contributed by atoms with Crippen LogP contribution in [0.1, 0.15) is 12.5 Å². The second-order valence-electron chi connectivity index (χ2n) is 3.78. The maximum Gasteiger partial charge on any atom is 0.132 e. The largest absolute Gasteiger partial charge is 0.496 e. The molecule has 0 unspecified atom stereocenters. The summed E-state index contributed by atoms with van der Waals surface area (Å²) >= 11 is 1.69. The van der Waals surface area contributed by atoms with Gasteiger partial charge in [-0.05, 0) is 30.5 Å². The molecule has 0 fully saturated rings. The summed E-state index contributed by atoms with van der Waals surface area (Å²) in [5.41, 5.74) is 1.26. The Balaban J connectivity index is 2.77. The van der Waals surface area contributed by atoms with Gasteiger partial charge in [0.05, 0.1) is 13.7 Å². The minimum atomic E-state index is 0.208. The summed E-state index contributed by atoms with van der Waals surface area (Å²) in [6, 6.07) is 6.25. The van der Waals surface area contributed by atoms with Crippen molar-refractivity contribution < 1.29 is 9.84 Å². The summed E-state index contributed by atoms with van der Waals surface area (Å²) in [6.07, 6.45) is 2.05. The van der Waals surface area contributed by atoms with E-state index in [1.807, 2.05) is 12.3 Å². The molecule has 3 nitrogen and oxygen atoms in total. The van der Waals surface area contributed by atoms with Crippen molar-refractivity contribution >= 4 is 11.8 Å². The molecule has 0 aromatic heterocycles. The molecule has 0 spiro atoms. The van der Waals surface area contributed by atoms with Crippen molar-refractivity contribution in [3.63, 3.8) is 0 Å². The third kappa shape index (κ3) is 4.22. The van der Waals surface area contributed by atoms with Crippen LogP contribution in [0, 0.1) is 0 Å². The van der Waals surface area contributed by atoms with Crippen LogP contribution < -0.4 is 4.74 Å². The molecular formula is C13H21NO2S. The lowest BCUT2D eigenvalue weighted by Crippen LogP contribution is -2.26. The van der Waals surface area contributed by atoms with E-state index in [1.165, 1.54) is 5.56 Å². The molecule has 96 valence electrons. The lowest BCUT2D eigenvalue weighted by molar-refractivity contribution is 0.196. The first-order valence-electron chi connectivity index (χ1n) is 5.79. The first-order valence-corrected chi connectivity index (χ1v) is 7.01. The van der Waals surface area contributed by atoms with Crippen LogP contribution in [-0.2, 0) is 6.54 Å². The van der Waals surface area contributed by atoms with Crippen molar-refractivity contribution in [2.75, 3.05) is 33.1 Å². The summed E-state index contributed by atoms with van der Waals surface area (Å²) in [6.45, 7) is 4.85. The normalized spacial score (nSPS) is 10.9. The van der Waals surface area contributed by atoms with Crippen LogP contribution in [0.15, 0.2) is 23.1 Å². The zero-order valence-corrected chi connectivity index (χ0v) is 11.6. The van der Waals surface area contributed by atoms with E-state index >= 15 is 0 Å². The van der Waals surface area contributed by atoms with Crippen molar-refractivity contribution in [1.29, 1.82) is 0 Å². The lowest BCUT2D eigenvalue weighted by Gasteiger charge is -2.19. The van der Waals surface area contributed by atoms with Crippen LogP contribution in [0.25, 0.3) is 0 Å². The highest BCUT2D eigenvalue weighted by Crippen LogP contribution is 2.28. The highest BCUT2D eigenvalue weighted by Gasteiger charge is 2.06. The maximum absolute atomic E-state index is 8.96. The van der Waals surface area contributed by atoms with Gasteiger partial charge in [-0.3, -0.25) is 4.90 Å². The Morgan fingerprint density at radius 3 is 2.71 bits per heavy atom. The van der Waals surface area contributed by atoms with Crippen molar-refractivity contribution in [2.45, 2.75) is 18.4 Å². The van der Waals surface area contributed by atoms with E-state index < -0.39 is 0 Å². The van der Waals surface area contributed by atoms with Gasteiger partial charge in [0.1, 0.15) is 5.75 Å². The molecule has 0 radical (unpaired) electrons. The molecule has 17 heavy (non-hydrogen) atoms. The maximum atomic E-state index is 8.96. The predicted octanol–water partition coefficient (Wildman–Crippen LogP) is 2.23. The molecule has 0 atom stereocenters. The van der Waals surface area contributed by atoms with Gasteiger partial charge in [0.25, 0.3) is 0 Å². The Morgan fingerprint density at radius 2 is 2.18 bits per heavy atom. The number of hydrogen-bond acceptors (Lipinski definition) is 4. The standard InChI is InChI=1S/C13H21NO2S/c1-4-14(7-8-15)10-11-5-6-12(16-2)13(9-11)17-3/h5-6,9,15H,4,7-8,10H2,1-3H3. The first-order chi connectivity index (χ1) is 8.24. The molecule has 1 rings (SSSR count). The van der Waals surface area contributed by atoms with Gasteiger partial charge in [-0.25, -0.2) is 0 Å². The molecule has 0 bridgehead atoms. The van der Waals surface area contributed by atoms with Crippen LogP contribution >= 0.6 is 11.8 Å². The van der Waals surface area contributed by atoms with E-state index in [4.69, 9.17) is 9.84 Å². The van der Waals surface area contributed by atoms with E-state index in [1.54, 1.807) is 18.9 Å². The van der Waals surface area contributed by atoms with Gasteiger partial charge < -0.3 is 9.84 Å². The summed E-state index contributed by atoms with van der Waals surface area (Å²) < 4.78 is 5.30. The minimum absolute atomic E-state index is 0.208. The van der Waals surface area contributed by atoms with Crippen LogP contribution in [0.2, 0.25) is 0 Å². The highest BCUT2D eigenvalue weighted by molar-refractivity contribution is 7.98. The quantitative estimate of drug-likeness (QED) is 0.757. The third-order valence-electron chi connectivity index (χ3n) is 2.72. The number of rotatable bonds is 7. The van der Waals surface area contributed by atoms with Crippen LogP contribution in [0.5, 0.6) is 5.75 Å². The molecule has 0 aliphatic carbocycles. The van der Waals surface area contributed by atoms with Crippen molar-refractivity contribution in [3.8, 4) is 5.75 Å². The van der Waals surface area contributed by atoms with Crippen molar-refractivity contribution in [2.24, 2.45) is 0 Å². The van der Waals surface area contributed by atoms with Gasteiger partial charge in [-0.1, -0.05) is 13.0 Å². The lowest BCUT2D eigenvalue weighted by atomic mass is 10.2. The Hall–Kier alpha value is -0.710. The average molecular weight is 255 g/mol. The molecule has 0 heterocycles. The molecule has 1 aromatic carbocycles. The van der Waals surface area contributed by atoms with Crippen molar-refractivity contribution in [3.05, 3.63) is 23.8 Å². The number of nitrogens with zero attached hydrogens (tertiary/aromatic N) is 1. The second-order valence-corrected chi connectivity index (χ2v) is 4.63. The van der Waals surface area contributed by atoms with Gasteiger partial charge in [-0.15, -0.1) is 11.8 Å². The first kappa shape index (κ1) is 14.4. The van der Waals surface area contributed by atoms with E-state index in [9.17, 15) is 0 Å². The van der Waals surface area contributed by atoms with Gasteiger partial charge in [-0.2, -0.15) is 0 Å². The Bertz CT molecular complexity index is 344. The molecule has 0 saturated heterocycles. The van der Waals surface area contributed by atoms with E-state index in [2.05, 4.69) is 24.0 Å². The number of benzene rings is 1. The predicted molar refractivity (Wildman–Crippen MR) is 72.8 cm³/mol. The average Bonchev–Trinajstić information content (AvgIpc) is 2.38. The number of hydrogen-bond donors (Lipinski definition) is 1. The summed E-state index contributed by atoms with van der Waals surface area (Å²) in [5, 5.41) is 8.96. The van der Waals surface area contributed by atoms with Gasteiger partial charge >= 0.3 is 0 Å².